The van der Waals surface area contributed by atoms with E-state index >= 15 is 0 Å². The Morgan fingerprint density at radius 3 is 2.88 bits per heavy atom. The first kappa shape index (κ1) is 11.3. The molecule has 1 aromatic heterocycles. The maximum Gasteiger partial charge on any atom is 0.362 e. The number of carbonyl (C=O) groups is 1. The second kappa shape index (κ2) is 5.25. The molecular weight excluding hydrogens is 226 g/mol. The standard InChI is InChI=1S/C10H15N3O2S/c1-2-15-10(14)8-9(16-12-11-8)13-6-4-3-5-7-13/h2-7H2,1H3. The minimum atomic E-state index is -0.364. The highest BCUT2D eigenvalue weighted by Gasteiger charge is 2.23. The molecule has 0 aromatic carbocycles. The summed E-state index contributed by atoms with van der Waals surface area (Å²) in [7, 11) is 0. The maximum absolute atomic E-state index is 11.6. The lowest BCUT2D eigenvalue weighted by molar-refractivity contribution is 0.0520. The summed E-state index contributed by atoms with van der Waals surface area (Å²) in [5, 5.41) is 4.72. The highest BCUT2D eigenvalue weighted by molar-refractivity contribution is 7.10. The minimum absolute atomic E-state index is 0.364. The number of ether oxygens (including phenoxy) is 1. The van der Waals surface area contributed by atoms with Crippen LogP contribution in [0.4, 0.5) is 5.00 Å². The van der Waals surface area contributed by atoms with E-state index in [4.69, 9.17) is 4.74 Å². The van der Waals surface area contributed by atoms with Crippen LogP contribution in [0.5, 0.6) is 0 Å². The SMILES string of the molecule is CCOC(=O)c1nnsc1N1CCCCC1. The van der Waals surface area contributed by atoms with E-state index in [1.807, 2.05) is 0 Å². The molecule has 1 aromatic rings. The summed E-state index contributed by atoms with van der Waals surface area (Å²) in [6.45, 7) is 4.13. The molecule has 0 spiro atoms. The Bertz CT molecular complexity index is 361. The lowest BCUT2D eigenvalue weighted by atomic mass is 10.1. The molecule has 0 radical (unpaired) electrons. The third kappa shape index (κ3) is 2.32. The van der Waals surface area contributed by atoms with Gasteiger partial charge in [0.1, 0.15) is 5.00 Å². The van der Waals surface area contributed by atoms with Crippen LogP contribution in [-0.2, 0) is 4.74 Å². The first-order valence-electron chi connectivity index (χ1n) is 5.57. The monoisotopic (exact) mass is 241 g/mol. The third-order valence-corrected chi connectivity index (χ3v) is 3.37. The van der Waals surface area contributed by atoms with Crippen LogP contribution in [0.1, 0.15) is 36.7 Å². The van der Waals surface area contributed by atoms with Crippen molar-refractivity contribution < 1.29 is 9.53 Å². The largest absolute Gasteiger partial charge is 0.461 e. The average molecular weight is 241 g/mol. The van der Waals surface area contributed by atoms with Crippen LogP contribution >= 0.6 is 11.5 Å². The zero-order valence-electron chi connectivity index (χ0n) is 9.31. The van der Waals surface area contributed by atoms with Crippen molar-refractivity contribution in [1.82, 2.24) is 9.59 Å². The molecule has 6 heteroatoms. The van der Waals surface area contributed by atoms with Gasteiger partial charge in [-0.1, -0.05) is 4.49 Å². The maximum atomic E-state index is 11.6. The van der Waals surface area contributed by atoms with E-state index in [0.29, 0.717) is 12.3 Å². The Hall–Kier alpha value is -1.17. The lowest BCUT2D eigenvalue weighted by Crippen LogP contribution is -2.30. The summed E-state index contributed by atoms with van der Waals surface area (Å²) in [6, 6.07) is 0. The van der Waals surface area contributed by atoms with Crippen LogP contribution in [0.2, 0.25) is 0 Å². The fraction of sp³-hybridized carbons (Fsp3) is 0.700. The first-order chi connectivity index (χ1) is 7.83. The summed E-state index contributed by atoms with van der Waals surface area (Å²) < 4.78 is 8.81. The van der Waals surface area contributed by atoms with Crippen LogP contribution in [0.15, 0.2) is 0 Å². The van der Waals surface area contributed by atoms with Crippen LogP contribution < -0.4 is 4.90 Å². The normalized spacial score (nSPS) is 16.2. The molecule has 1 aliphatic rings. The molecule has 0 atom stereocenters. The van der Waals surface area contributed by atoms with Crippen molar-refractivity contribution in [2.24, 2.45) is 0 Å². The zero-order chi connectivity index (χ0) is 11.4. The highest BCUT2D eigenvalue weighted by atomic mass is 32.1. The molecule has 1 saturated heterocycles. The van der Waals surface area contributed by atoms with E-state index < -0.39 is 0 Å². The molecule has 0 unspecified atom stereocenters. The fourth-order valence-electron chi connectivity index (χ4n) is 1.82. The first-order valence-corrected chi connectivity index (χ1v) is 6.34. The predicted molar refractivity (Wildman–Crippen MR) is 61.9 cm³/mol. The molecule has 0 bridgehead atoms. The topological polar surface area (TPSA) is 55.3 Å². The number of piperidine rings is 1. The van der Waals surface area contributed by atoms with E-state index in [9.17, 15) is 4.79 Å². The molecule has 1 aliphatic heterocycles. The Morgan fingerprint density at radius 1 is 1.44 bits per heavy atom. The summed E-state index contributed by atoms with van der Waals surface area (Å²) in [6.07, 6.45) is 3.60. The third-order valence-electron chi connectivity index (χ3n) is 2.58. The van der Waals surface area contributed by atoms with Gasteiger partial charge in [0.05, 0.1) is 6.61 Å². The van der Waals surface area contributed by atoms with Crippen molar-refractivity contribution in [1.29, 1.82) is 0 Å². The quantitative estimate of drug-likeness (QED) is 0.754. The Morgan fingerprint density at radius 2 is 2.19 bits per heavy atom. The summed E-state index contributed by atoms with van der Waals surface area (Å²) >= 11 is 1.27. The van der Waals surface area contributed by atoms with Crippen molar-refractivity contribution in [3.63, 3.8) is 0 Å². The van der Waals surface area contributed by atoms with Gasteiger partial charge < -0.3 is 9.64 Å². The fourth-order valence-corrected chi connectivity index (χ4v) is 2.53. The van der Waals surface area contributed by atoms with Gasteiger partial charge in [-0.15, -0.1) is 5.10 Å². The van der Waals surface area contributed by atoms with Crippen LogP contribution in [0, 0.1) is 0 Å². The van der Waals surface area contributed by atoms with Gasteiger partial charge in [-0.05, 0) is 26.2 Å². The van der Waals surface area contributed by atoms with Gasteiger partial charge >= 0.3 is 5.97 Å². The van der Waals surface area contributed by atoms with E-state index in [0.717, 1.165) is 18.1 Å². The molecule has 16 heavy (non-hydrogen) atoms. The van der Waals surface area contributed by atoms with Gasteiger partial charge in [0.15, 0.2) is 0 Å². The van der Waals surface area contributed by atoms with Gasteiger partial charge in [0.25, 0.3) is 0 Å². The van der Waals surface area contributed by atoms with E-state index in [1.54, 1.807) is 6.92 Å². The van der Waals surface area contributed by atoms with Crippen molar-refractivity contribution in [2.45, 2.75) is 26.2 Å². The minimum Gasteiger partial charge on any atom is -0.461 e. The number of carbonyl (C=O) groups excluding carboxylic acids is 1. The second-order valence-electron chi connectivity index (χ2n) is 3.69. The lowest BCUT2D eigenvalue weighted by Gasteiger charge is -2.26. The number of hydrogen-bond donors (Lipinski definition) is 0. The van der Waals surface area contributed by atoms with E-state index in [2.05, 4.69) is 14.5 Å². The van der Waals surface area contributed by atoms with Crippen molar-refractivity contribution >= 4 is 22.5 Å². The number of rotatable bonds is 3. The molecule has 1 fully saturated rings. The molecule has 5 nitrogen and oxygen atoms in total. The number of aromatic nitrogens is 2. The van der Waals surface area contributed by atoms with E-state index in [1.165, 1.54) is 30.8 Å². The number of nitrogens with zero attached hydrogens (tertiary/aromatic N) is 3. The molecule has 0 amide bonds. The molecule has 0 aliphatic carbocycles. The van der Waals surface area contributed by atoms with E-state index in [-0.39, 0.29) is 5.97 Å². The van der Waals surface area contributed by atoms with Gasteiger partial charge in [0.2, 0.25) is 5.69 Å². The Balaban J connectivity index is 2.14. The van der Waals surface area contributed by atoms with Gasteiger partial charge in [-0.2, -0.15) is 0 Å². The van der Waals surface area contributed by atoms with Crippen LogP contribution in [0.3, 0.4) is 0 Å². The summed E-state index contributed by atoms with van der Waals surface area (Å²) in [5.41, 5.74) is 0.369. The molecule has 88 valence electrons. The van der Waals surface area contributed by atoms with Crippen LogP contribution in [-0.4, -0.2) is 35.3 Å². The van der Waals surface area contributed by atoms with Gasteiger partial charge in [-0.25, -0.2) is 4.79 Å². The zero-order valence-corrected chi connectivity index (χ0v) is 10.1. The van der Waals surface area contributed by atoms with Gasteiger partial charge in [-0.3, -0.25) is 0 Å². The number of esters is 1. The number of anilines is 1. The van der Waals surface area contributed by atoms with Crippen LogP contribution in [0.25, 0.3) is 0 Å². The number of hydrogen-bond acceptors (Lipinski definition) is 6. The highest BCUT2D eigenvalue weighted by Crippen LogP contribution is 2.26. The molecular formula is C10H15N3O2S. The molecule has 0 saturated carbocycles. The molecule has 2 rings (SSSR count). The van der Waals surface area contributed by atoms with Crippen molar-refractivity contribution in [3.05, 3.63) is 5.69 Å². The molecule has 0 N–H and O–H groups in total. The average Bonchev–Trinajstić information content (AvgIpc) is 2.79. The van der Waals surface area contributed by atoms with Gasteiger partial charge in [0, 0.05) is 24.6 Å². The Kier molecular flexibility index (Phi) is 3.71. The molecule has 2 heterocycles. The Labute approximate surface area is 98.6 Å². The van der Waals surface area contributed by atoms with Crippen molar-refractivity contribution in [2.75, 3.05) is 24.6 Å². The summed E-state index contributed by atoms with van der Waals surface area (Å²) in [5.74, 6) is -0.364. The summed E-state index contributed by atoms with van der Waals surface area (Å²) in [4.78, 5) is 13.8. The smallest absolute Gasteiger partial charge is 0.362 e. The predicted octanol–water partition coefficient (Wildman–Crippen LogP) is 1.71. The van der Waals surface area contributed by atoms with Crippen molar-refractivity contribution in [3.8, 4) is 0 Å². The second-order valence-corrected chi connectivity index (χ2v) is 4.43.